The quantitative estimate of drug-likeness (QED) is 0.876. The zero-order valence-corrected chi connectivity index (χ0v) is 10.9. The van der Waals surface area contributed by atoms with Crippen molar-refractivity contribution in [3.05, 3.63) is 16.5 Å². The SMILES string of the molecule is CCC1(CNc2nc(C)c(C)nc2Cl)CC1. The van der Waals surface area contributed by atoms with Crippen molar-refractivity contribution in [2.24, 2.45) is 5.41 Å². The number of nitrogens with zero attached hydrogens (tertiary/aromatic N) is 2. The molecule has 3 nitrogen and oxygen atoms in total. The lowest BCUT2D eigenvalue weighted by molar-refractivity contribution is 0.520. The second-order valence-electron chi connectivity index (χ2n) is 4.74. The van der Waals surface area contributed by atoms with Crippen molar-refractivity contribution in [2.75, 3.05) is 11.9 Å². The van der Waals surface area contributed by atoms with Gasteiger partial charge in [-0.3, -0.25) is 0 Å². The van der Waals surface area contributed by atoms with Gasteiger partial charge in [0.1, 0.15) is 0 Å². The first-order chi connectivity index (χ1) is 7.56. The number of rotatable bonds is 4. The van der Waals surface area contributed by atoms with Gasteiger partial charge in [0.15, 0.2) is 11.0 Å². The van der Waals surface area contributed by atoms with E-state index in [0.717, 1.165) is 23.8 Å². The van der Waals surface area contributed by atoms with Crippen LogP contribution < -0.4 is 5.32 Å². The van der Waals surface area contributed by atoms with Crippen molar-refractivity contribution >= 4 is 17.4 Å². The third-order valence-electron chi connectivity index (χ3n) is 3.60. The molecule has 88 valence electrons. The van der Waals surface area contributed by atoms with Crippen LogP contribution in [0.3, 0.4) is 0 Å². The minimum Gasteiger partial charge on any atom is -0.367 e. The van der Waals surface area contributed by atoms with Crippen LogP contribution in [0.2, 0.25) is 5.15 Å². The van der Waals surface area contributed by atoms with Gasteiger partial charge in [-0.05, 0) is 38.5 Å². The number of anilines is 1. The summed E-state index contributed by atoms with van der Waals surface area (Å²) in [6.07, 6.45) is 3.84. The normalized spacial score (nSPS) is 17.2. The van der Waals surface area contributed by atoms with Gasteiger partial charge in [0.2, 0.25) is 0 Å². The molecular formula is C12H18ClN3. The van der Waals surface area contributed by atoms with Crippen LogP contribution >= 0.6 is 11.6 Å². The van der Waals surface area contributed by atoms with Gasteiger partial charge >= 0.3 is 0 Å². The van der Waals surface area contributed by atoms with E-state index in [9.17, 15) is 0 Å². The predicted octanol–water partition coefficient (Wildman–Crippen LogP) is 3.35. The summed E-state index contributed by atoms with van der Waals surface area (Å²) in [4.78, 5) is 8.69. The third-order valence-corrected chi connectivity index (χ3v) is 3.87. The van der Waals surface area contributed by atoms with Gasteiger partial charge in [-0.1, -0.05) is 18.5 Å². The molecule has 1 heterocycles. The summed E-state index contributed by atoms with van der Waals surface area (Å²) in [6.45, 7) is 7.08. The summed E-state index contributed by atoms with van der Waals surface area (Å²) in [5, 5.41) is 3.81. The highest BCUT2D eigenvalue weighted by molar-refractivity contribution is 6.31. The smallest absolute Gasteiger partial charge is 0.171 e. The molecule has 0 unspecified atom stereocenters. The summed E-state index contributed by atoms with van der Waals surface area (Å²) in [5.41, 5.74) is 2.32. The molecule has 1 aromatic rings. The highest BCUT2D eigenvalue weighted by atomic mass is 35.5. The molecule has 0 bridgehead atoms. The van der Waals surface area contributed by atoms with E-state index in [4.69, 9.17) is 11.6 Å². The Morgan fingerprint density at radius 2 is 1.88 bits per heavy atom. The predicted molar refractivity (Wildman–Crippen MR) is 67.0 cm³/mol. The highest BCUT2D eigenvalue weighted by Crippen LogP contribution is 2.48. The van der Waals surface area contributed by atoms with Crippen molar-refractivity contribution in [2.45, 2.75) is 40.0 Å². The molecule has 0 saturated heterocycles. The molecule has 0 atom stereocenters. The molecule has 0 radical (unpaired) electrons. The van der Waals surface area contributed by atoms with Gasteiger partial charge in [-0.2, -0.15) is 0 Å². The molecule has 1 saturated carbocycles. The van der Waals surface area contributed by atoms with Gasteiger partial charge in [0.25, 0.3) is 0 Å². The Kier molecular flexibility index (Phi) is 3.06. The summed E-state index contributed by atoms with van der Waals surface area (Å²) in [5.74, 6) is 0.726. The lowest BCUT2D eigenvalue weighted by Crippen LogP contribution is -2.16. The van der Waals surface area contributed by atoms with Crippen molar-refractivity contribution in [3.8, 4) is 0 Å². The molecule has 0 aromatic carbocycles. The number of aromatic nitrogens is 2. The molecule has 1 N–H and O–H groups in total. The Hall–Kier alpha value is -0.830. The molecule has 0 aliphatic heterocycles. The highest BCUT2D eigenvalue weighted by Gasteiger charge is 2.40. The lowest BCUT2D eigenvalue weighted by atomic mass is 10.0. The number of hydrogen-bond acceptors (Lipinski definition) is 3. The Balaban J connectivity index is 2.07. The molecule has 4 heteroatoms. The minimum atomic E-state index is 0.481. The zero-order valence-electron chi connectivity index (χ0n) is 10.1. The average molecular weight is 240 g/mol. The molecule has 0 spiro atoms. The number of halogens is 1. The zero-order chi connectivity index (χ0) is 11.8. The third kappa shape index (κ3) is 2.29. The van der Waals surface area contributed by atoms with Crippen LogP contribution in [-0.4, -0.2) is 16.5 Å². The van der Waals surface area contributed by atoms with Gasteiger partial charge in [0, 0.05) is 6.54 Å². The molecule has 1 aromatic heterocycles. The van der Waals surface area contributed by atoms with E-state index < -0.39 is 0 Å². The van der Waals surface area contributed by atoms with Crippen LogP contribution in [0.4, 0.5) is 5.82 Å². The first-order valence-electron chi connectivity index (χ1n) is 5.81. The van der Waals surface area contributed by atoms with E-state index in [1.165, 1.54) is 19.3 Å². The van der Waals surface area contributed by atoms with Crippen molar-refractivity contribution in [1.82, 2.24) is 9.97 Å². The molecule has 16 heavy (non-hydrogen) atoms. The topological polar surface area (TPSA) is 37.8 Å². The van der Waals surface area contributed by atoms with E-state index in [1.54, 1.807) is 0 Å². The largest absolute Gasteiger partial charge is 0.367 e. The van der Waals surface area contributed by atoms with Crippen molar-refractivity contribution in [3.63, 3.8) is 0 Å². The fraction of sp³-hybridized carbons (Fsp3) is 0.667. The summed E-state index contributed by atoms with van der Waals surface area (Å²) in [6, 6.07) is 0. The minimum absolute atomic E-state index is 0.481. The Morgan fingerprint density at radius 1 is 1.25 bits per heavy atom. The van der Waals surface area contributed by atoms with E-state index >= 15 is 0 Å². The summed E-state index contributed by atoms with van der Waals surface area (Å²) in [7, 11) is 0. The monoisotopic (exact) mass is 239 g/mol. The van der Waals surface area contributed by atoms with Crippen LogP contribution in [0.5, 0.6) is 0 Å². The second kappa shape index (κ2) is 4.21. The van der Waals surface area contributed by atoms with E-state index in [0.29, 0.717) is 10.6 Å². The van der Waals surface area contributed by atoms with Crippen molar-refractivity contribution in [1.29, 1.82) is 0 Å². The Bertz CT molecular complexity index is 399. The van der Waals surface area contributed by atoms with Crippen LogP contribution in [0, 0.1) is 19.3 Å². The Morgan fingerprint density at radius 3 is 2.44 bits per heavy atom. The summed E-state index contributed by atoms with van der Waals surface area (Å²) < 4.78 is 0. The number of nitrogens with one attached hydrogen (secondary N) is 1. The van der Waals surface area contributed by atoms with Crippen LogP contribution in [0.1, 0.15) is 37.6 Å². The first-order valence-corrected chi connectivity index (χ1v) is 6.19. The fourth-order valence-corrected chi connectivity index (χ4v) is 2.03. The molecule has 1 fully saturated rings. The maximum Gasteiger partial charge on any atom is 0.171 e. The fourth-order valence-electron chi connectivity index (χ4n) is 1.79. The summed E-state index contributed by atoms with van der Waals surface area (Å²) >= 11 is 6.06. The van der Waals surface area contributed by atoms with Crippen LogP contribution in [0.15, 0.2) is 0 Å². The molecule has 2 rings (SSSR count). The van der Waals surface area contributed by atoms with E-state index in [2.05, 4.69) is 22.2 Å². The standard InChI is InChI=1S/C12H18ClN3/c1-4-12(5-6-12)7-14-11-10(13)15-8(2)9(3)16-11/h4-7H2,1-3H3,(H,14,16). The van der Waals surface area contributed by atoms with Gasteiger partial charge in [-0.25, -0.2) is 9.97 Å². The molecular weight excluding hydrogens is 222 g/mol. The van der Waals surface area contributed by atoms with Gasteiger partial charge in [0.05, 0.1) is 11.4 Å². The van der Waals surface area contributed by atoms with E-state index in [-0.39, 0.29) is 0 Å². The van der Waals surface area contributed by atoms with Crippen LogP contribution in [0.25, 0.3) is 0 Å². The van der Waals surface area contributed by atoms with Gasteiger partial charge < -0.3 is 5.32 Å². The Labute approximate surface area is 102 Å². The average Bonchev–Trinajstić information content (AvgIpc) is 3.02. The second-order valence-corrected chi connectivity index (χ2v) is 5.10. The maximum atomic E-state index is 6.06. The molecule has 1 aliphatic carbocycles. The molecule has 1 aliphatic rings. The lowest BCUT2D eigenvalue weighted by Gasteiger charge is -2.15. The van der Waals surface area contributed by atoms with E-state index in [1.807, 2.05) is 13.8 Å². The maximum absolute atomic E-state index is 6.06. The first kappa shape index (κ1) is 11.6. The van der Waals surface area contributed by atoms with Crippen LogP contribution in [-0.2, 0) is 0 Å². The molecule has 0 amide bonds. The van der Waals surface area contributed by atoms with Crippen molar-refractivity contribution < 1.29 is 0 Å². The number of aryl methyl sites for hydroxylation is 2. The number of hydrogen-bond donors (Lipinski definition) is 1. The van der Waals surface area contributed by atoms with Gasteiger partial charge in [-0.15, -0.1) is 0 Å².